The zero-order chi connectivity index (χ0) is 17.6. The summed E-state index contributed by atoms with van der Waals surface area (Å²) in [6, 6.07) is 9.47. The average molecular weight is 338 g/mol. The predicted molar refractivity (Wildman–Crippen MR) is 92.4 cm³/mol. The zero-order valence-corrected chi connectivity index (χ0v) is 13.1. The molecule has 0 aliphatic heterocycles. The van der Waals surface area contributed by atoms with Crippen LogP contribution in [0, 0.1) is 5.82 Å². The number of carbonyl (C=O) groups is 1. The van der Waals surface area contributed by atoms with Crippen molar-refractivity contribution in [1.82, 2.24) is 15.0 Å². The molecule has 0 aliphatic rings. The number of nitrogens with one attached hydrogen (secondary N) is 2. The molecule has 0 unspecified atom stereocenters. The molecule has 0 fully saturated rings. The third kappa shape index (κ3) is 4.25. The van der Waals surface area contributed by atoms with Gasteiger partial charge in [0.15, 0.2) is 0 Å². The second-order valence-electron chi connectivity index (χ2n) is 5.14. The molecule has 0 radical (unpaired) electrons. The molecule has 3 aromatic rings. The maximum Gasteiger partial charge on any atom is 0.274 e. The van der Waals surface area contributed by atoms with Crippen LogP contribution in [0.1, 0.15) is 16.2 Å². The SMILES string of the molecule is Nc1ncccc1NCc1cc(NC(=O)c2ccc(F)cn2)ccn1. The molecule has 0 aromatic carbocycles. The summed E-state index contributed by atoms with van der Waals surface area (Å²) in [5.41, 5.74) is 7.86. The summed E-state index contributed by atoms with van der Waals surface area (Å²) >= 11 is 0. The Hall–Kier alpha value is -3.55. The lowest BCUT2D eigenvalue weighted by Gasteiger charge is -2.09. The van der Waals surface area contributed by atoms with Gasteiger partial charge in [-0.05, 0) is 36.4 Å². The molecule has 0 saturated carbocycles. The van der Waals surface area contributed by atoms with Gasteiger partial charge >= 0.3 is 0 Å². The zero-order valence-electron chi connectivity index (χ0n) is 13.1. The lowest BCUT2D eigenvalue weighted by atomic mass is 10.2. The summed E-state index contributed by atoms with van der Waals surface area (Å²) in [5, 5.41) is 5.83. The largest absolute Gasteiger partial charge is 0.382 e. The van der Waals surface area contributed by atoms with Crippen LogP contribution >= 0.6 is 0 Å². The summed E-state index contributed by atoms with van der Waals surface area (Å²) in [6.45, 7) is 0.411. The van der Waals surface area contributed by atoms with Crippen molar-refractivity contribution < 1.29 is 9.18 Å². The molecule has 3 heterocycles. The lowest BCUT2D eigenvalue weighted by molar-refractivity contribution is 0.102. The second-order valence-corrected chi connectivity index (χ2v) is 5.14. The number of halogens is 1. The minimum Gasteiger partial charge on any atom is -0.382 e. The highest BCUT2D eigenvalue weighted by atomic mass is 19.1. The van der Waals surface area contributed by atoms with E-state index in [1.54, 1.807) is 30.6 Å². The van der Waals surface area contributed by atoms with Gasteiger partial charge in [-0.15, -0.1) is 0 Å². The van der Waals surface area contributed by atoms with Crippen molar-refractivity contribution in [2.75, 3.05) is 16.4 Å². The number of pyridine rings is 3. The van der Waals surface area contributed by atoms with E-state index in [0.717, 1.165) is 6.20 Å². The van der Waals surface area contributed by atoms with Crippen LogP contribution in [0.15, 0.2) is 55.0 Å². The fraction of sp³-hybridized carbons (Fsp3) is 0.0588. The van der Waals surface area contributed by atoms with Gasteiger partial charge in [0.05, 0.1) is 24.1 Å². The summed E-state index contributed by atoms with van der Waals surface area (Å²) in [7, 11) is 0. The van der Waals surface area contributed by atoms with E-state index in [9.17, 15) is 9.18 Å². The molecule has 25 heavy (non-hydrogen) atoms. The molecule has 7 nitrogen and oxygen atoms in total. The molecule has 4 N–H and O–H groups in total. The number of hydrogen-bond acceptors (Lipinski definition) is 6. The minimum absolute atomic E-state index is 0.126. The van der Waals surface area contributed by atoms with Gasteiger partial charge in [-0.25, -0.2) is 14.4 Å². The molecule has 8 heteroatoms. The van der Waals surface area contributed by atoms with Crippen molar-refractivity contribution in [3.05, 3.63) is 72.2 Å². The Kier molecular flexibility index (Phi) is 4.79. The Morgan fingerprint density at radius 2 is 2.00 bits per heavy atom. The molecule has 1 amide bonds. The monoisotopic (exact) mass is 338 g/mol. The van der Waals surface area contributed by atoms with Gasteiger partial charge in [0.2, 0.25) is 0 Å². The highest BCUT2D eigenvalue weighted by Gasteiger charge is 2.08. The van der Waals surface area contributed by atoms with Crippen molar-refractivity contribution in [3.8, 4) is 0 Å². The predicted octanol–water partition coefficient (Wildman–Crippen LogP) is 2.46. The Morgan fingerprint density at radius 3 is 2.76 bits per heavy atom. The summed E-state index contributed by atoms with van der Waals surface area (Å²) in [5.74, 6) is -0.528. The standard InChI is InChI=1S/C17H15FN6O/c18-11-3-4-15(22-9-11)17(25)24-12-5-7-20-13(8-12)10-23-14-2-1-6-21-16(14)19/h1-9,23H,10H2,(H2,19,21)(H,20,24,25). The van der Waals surface area contributed by atoms with E-state index in [2.05, 4.69) is 25.6 Å². The van der Waals surface area contributed by atoms with Crippen molar-refractivity contribution in [2.24, 2.45) is 0 Å². The van der Waals surface area contributed by atoms with Crippen LogP contribution in [0.25, 0.3) is 0 Å². The van der Waals surface area contributed by atoms with E-state index in [-0.39, 0.29) is 5.69 Å². The first-order chi connectivity index (χ1) is 12.1. The Balaban J connectivity index is 1.66. The molecule has 3 rings (SSSR count). The van der Waals surface area contributed by atoms with Gasteiger partial charge < -0.3 is 16.4 Å². The second kappa shape index (κ2) is 7.35. The maximum absolute atomic E-state index is 12.9. The van der Waals surface area contributed by atoms with Gasteiger partial charge in [-0.1, -0.05) is 0 Å². The van der Waals surface area contributed by atoms with Crippen LogP contribution < -0.4 is 16.4 Å². The highest BCUT2D eigenvalue weighted by molar-refractivity contribution is 6.02. The number of carbonyl (C=O) groups excluding carboxylic acids is 1. The summed E-state index contributed by atoms with van der Waals surface area (Å²) in [6.07, 6.45) is 4.19. The molecule has 0 aliphatic carbocycles. The summed E-state index contributed by atoms with van der Waals surface area (Å²) in [4.78, 5) is 24.1. The van der Waals surface area contributed by atoms with Crippen LogP contribution in [0.3, 0.4) is 0 Å². The van der Waals surface area contributed by atoms with Crippen molar-refractivity contribution >= 4 is 23.1 Å². The topological polar surface area (TPSA) is 106 Å². The third-order valence-electron chi connectivity index (χ3n) is 3.33. The molecule has 3 aromatic heterocycles. The molecule has 0 spiro atoms. The Bertz CT molecular complexity index is 884. The number of anilines is 3. The van der Waals surface area contributed by atoms with E-state index in [0.29, 0.717) is 29.4 Å². The van der Waals surface area contributed by atoms with Crippen molar-refractivity contribution in [1.29, 1.82) is 0 Å². The number of nitrogen functional groups attached to an aromatic ring is 1. The Morgan fingerprint density at radius 1 is 1.12 bits per heavy atom. The van der Waals surface area contributed by atoms with E-state index in [1.807, 2.05) is 6.07 Å². The first-order valence-electron chi connectivity index (χ1n) is 7.44. The van der Waals surface area contributed by atoms with Crippen molar-refractivity contribution in [3.63, 3.8) is 0 Å². The number of nitrogens with zero attached hydrogens (tertiary/aromatic N) is 3. The van der Waals surface area contributed by atoms with E-state index >= 15 is 0 Å². The van der Waals surface area contributed by atoms with Crippen LogP contribution in [-0.2, 0) is 6.54 Å². The molecule has 0 bridgehead atoms. The Labute approximate surface area is 143 Å². The van der Waals surface area contributed by atoms with Crippen LogP contribution in [-0.4, -0.2) is 20.9 Å². The number of hydrogen-bond donors (Lipinski definition) is 3. The summed E-state index contributed by atoms with van der Waals surface area (Å²) < 4.78 is 12.9. The fourth-order valence-corrected chi connectivity index (χ4v) is 2.11. The third-order valence-corrected chi connectivity index (χ3v) is 3.33. The normalized spacial score (nSPS) is 10.3. The van der Waals surface area contributed by atoms with Crippen LogP contribution in [0.5, 0.6) is 0 Å². The van der Waals surface area contributed by atoms with Gasteiger partial charge in [0.25, 0.3) is 5.91 Å². The quantitative estimate of drug-likeness (QED) is 0.660. The first kappa shape index (κ1) is 16.3. The van der Waals surface area contributed by atoms with Crippen LogP contribution in [0.4, 0.5) is 21.6 Å². The lowest BCUT2D eigenvalue weighted by Crippen LogP contribution is -2.14. The molecular weight excluding hydrogens is 323 g/mol. The van der Waals surface area contributed by atoms with Gasteiger partial charge in [-0.3, -0.25) is 9.78 Å². The smallest absolute Gasteiger partial charge is 0.274 e. The highest BCUT2D eigenvalue weighted by Crippen LogP contribution is 2.16. The molecule has 0 atom stereocenters. The van der Waals surface area contributed by atoms with Gasteiger partial charge in [0, 0.05) is 18.1 Å². The van der Waals surface area contributed by atoms with Gasteiger partial charge in [-0.2, -0.15) is 0 Å². The first-order valence-corrected chi connectivity index (χ1v) is 7.44. The maximum atomic E-state index is 12.9. The average Bonchev–Trinajstić information content (AvgIpc) is 2.62. The van der Waals surface area contributed by atoms with Gasteiger partial charge in [0.1, 0.15) is 17.3 Å². The fourth-order valence-electron chi connectivity index (χ4n) is 2.11. The number of aromatic nitrogens is 3. The molecule has 0 saturated heterocycles. The van der Waals surface area contributed by atoms with E-state index in [1.165, 1.54) is 12.1 Å². The van der Waals surface area contributed by atoms with Crippen molar-refractivity contribution in [2.45, 2.75) is 6.54 Å². The van der Waals surface area contributed by atoms with E-state index < -0.39 is 11.7 Å². The molecule has 126 valence electrons. The minimum atomic E-state index is -0.497. The number of amides is 1. The molecular formula is C17H15FN6O. The number of nitrogens with two attached hydrogens (primary N) is 1. The van der Waals surface area contributed by atoms with Crippen LogP contribution in [0.2, 0.25) is 0 Å². The van der Waals surface area contributed by atoms with E-state index in [4.69, 9.17) is 5.73 Å². The number of rotatable bonds is 5.